The molecule has 1 heterocycles. The van der Waals surface area contributed by atoms with Gasteiger partial charge in [-0.2, -0.15) is 0 Å². The molecule has 1 fully saturated rings. The summed E-state index contributed by atoms with van der Waals surface area (Å²) < 4.78 is 0. The second-order valence-corrected chi connectivity index (χ2v) is 1.68. The van der Waals surface area contributed by atoms with Crippen molar-refractivity contribution in [2.24, 2.45) is 0 Å². The van der Waals surface area contributed by atoms with Crippen molar-refractivity contribution in [1.29, 1.82) is 0 Å². The van der Waals surface area contributed by atoms with Crippen molar-refractivity contribution in [3.63, 3.8) is 0 Å². The lowest BCUT2D eigenvalue weighted by molar-refractivity contribution is -0.128. The van der Waals surface area contributed by atoms with Crippen LogP contribution in [0.5, 0.6) is 0 Å². The average molecular weight is 132 g/mol. The number of carbonyl (C=O) groups is 1. The predicted molar refractivity (Wildman–Crippen MR) is 29.8 cm³/mol. The number of nitrogens with one attached hydrogen (secondary N) is 2. The molecule has 1 aliphatic heterocycles. The highest BCUT2D eigenvalue weighted by Crippen LogP contribution is 1.78. The van der Waals surface area contributed by atoms with E-state index in [2.05, 4.69) is 27.9 Å². The monoisotopic (exact) mass is 132 g/mol. The van der Waals surface area contributed by atoms with E-state index in [9.17, 15) is 4.79 Å². The van der Waals surface area contributed by atoms with Crippen LogP contribution in [0.25, 0.3) is 0 Å². The van der Waals surface area contributed by atoms with Crippen LogP contribution in [0.3, 0.4) is 0 Å². The first-order valence-corrected chi connectivity index (χ1v) is 2.41. The highest BCUT2D eigenvalue weighted by atomic mass is 32.1. The van der Waals surface area contributed by atoms with Crippen molar-refractivity contribution in [2.75, 3.05) is 6.61 Å². The molecule has 1 amide bonds. The fourth-order valence-corrected chi connectivity index (χ4v) is 0.528. The average Bonchev–Trinajstić information content (AvgIpc) is 1.64. The molecule has 0 aliphatic carbocycles. The van der Waals surface area contributed by atoms with Gasteiger partial charge in [0.1, 0.15) is 0 Å². The minimum absolute atomic E-state index is 0.0279. The molecule has 0 bridgehead atoms. The molecule has 0 saturated carbocycles. The number of hydrogen-bond acceptors (Lipinski definition) is 3. The fraction of sp³-hybridized carbons (Fsp3) is 0.333. The molecular weight excluding hydrogens is 128 g/mol. The van der Waals surface area contributed by atoms with E-state index < -0.39 is 0 Å². The van der Waals surface area contributed by atoms with Gasteiger partial charge in [0.05, 0.1) is 0 Å². The minimum atomic E-state index is -0.214. The van der Waals surface area contributed by atoms with E-state index in [1.165, 1.54) is 0 Å². The lowest BCUT2D eigenvalue weighted by Crippen LogP contribution is -2.47. The van der Waals surface area contributed by atoms with Crippen molar-refractivity contribution in [3.05, 3.63) is 0 Å². The third-order valence-electron chi connectivity index (χ3n) is 0.621. The molecule has 4 nitrogen and oxygen atoms in total. The van der Waals surface area contributed by atoms with E-state index in [1.54, 1.807) is 0 Å². The number of hydroxylamine groups is 1. The molecule has 0 aromatic rings. The van der Waals surface area contributed by atoms with Crippen molar-refractivity contribution in [1.82, 2.24) is 10.8 Å². The van der Waals surface area contributed by atoms with Crippen LogP contribution in [0.15, 0.2) is 0 Å². The number of carbonyl (C=O) groups excluding carboxylic acids is 1. The molecule has 44 valence electrons. The zero-order valence-electron chi connectivity index (χ0n) is 3.93. The van der Waals surface area contributed by atoms with Gasteiger partial charge >= 0.3 is 0 Å². The van der Waals surface area contributed by atoms with Gasteiger partial charge in [0.15, 0.2) is 11.7 Å². The predicted octanol–water partition coefficient (Wildman–Crippen LogP) is -1.08. The summed E-state index contributed by atoms with van der Waals surface area (Å²) in [5.41, 5.74) is 2.31. The maximum absolute atomic E-state index is 10.3. The highest BCUT2D eigenvalue weighted by Gasteiger charge is 2.09. The Hall–Kier alpha value is -0.680. The van der Waals surface area contributed by atoms with Gasteiger partial charge in [-0.1, -0.05) is 0 Å². The van der Waals surface area contributed by atoms with E-state index in [1.807, 2.05) is 0 Å². The summed E-state index contributed by atoms with van der Waals surface area (Å²) in [6.45, 7) is 0.0279. The third-order valence-corrected chi connectivity index (χ3v) is 0.806. The lowest BCUT2D eigenvalue weighted by atomic mass is 10.6. The van der Waals surface area contributed by atoms with Crippen molar-refractivity contribution in [3.8, 4) is 0 Å². The van der Waals surface area contributed by atoms with Gasteiger partial charge in [0, 0.05) is 0 Å². The smallest absolute Gasteiger partial charge is 0.254 e. The Morgan fingerprint density at radius 3 is 2.88 bits per heavy atom. The molecule has 1 rings (SSSR count). The third kappa shape index (κ3) is 1.14. The van der Waals surface area contributed by atoms with Gasteiger partial charge in [-0.15, -0.1) is 0 Å². The van der Waals surface area contributed by atoms with Crippen LogP contribution in [0.1, 0.15) is 0 Å². The summed E-state index contributed by atoms with van der Waals surface area (Å²) >= 11 is 4.51. The quantitative estimate of drug-likeness (QED) is 0.412. The molecule has 5 heteroatoms. The molecule has 0 atom stereocenters. The molecular formula is C3H4N2O2S. The van der Waals surface area contributed by atoms with E-state index in [0.717, 1.165) is 0 Å². The summed E-state index contributed by atoms with van der Waals surface area (Å²) in [6.07, 6.45) is 0. The van der Waals surface area contributed by atoms with Gasteiger partial charge in [0.2, 0.25) is 0 Å². The van der Waals surface area contributed by atoms with Gasteiger partial charge in [-0.05, 0) is 12.2 Å². The zero-order valence-corrected chi connectivity index (χ0v) is 4.75. The normalized spacial score (nSPS) is 19.5. The molecule has 1 saturated heterocycles. The van der Waals surface area contributed by atoms with Crippen molar-refractivity contribution in [2.45, 2.75) is 0 Å². The van der Waals surface area contributed by atoms with E-state index in [4.69, 9.17) is 0 Å². The first-order valence-electron chi connectivity index (χ1n) is 2.00. The van der Waals surface area contributed by atoms with Crippen molar-refractivity contribution < 1.29 is 9.63 Å². The molecule has 8 heavy (non-hydrogen) atoms. The largest absolute Gasteiger partial charge is 0.299 e. The standard InChI is InChI=1S/C3H4N2O2S/c6-2-1-7-5-3(8)4-2/h1H2,(H2,4,5,6,8). The minimum Gasteiger partial charge on any atom is -0.299 e. The Kier molecular flexibility index (Phi) is 1.40. The first kappa shape index (κ1) is 5.46. The Morgan fingerprint density at radius 1 is 1.75 bits per heavy atom. The fourth-order valence-electron chi connectivity index (χ4n) is 0.355. The van der Waals surface area contributed by atoms with Gasteiger partial charge in [0.25, 0.3) is 5.91 Å². The molecule has 0 aromatic heterocycles. The van der Waals surface area contributed by atoms with Crippen LogP contribution in [-0.4, -0.2) is 17.6 Å². The maximum atomic E-state index is 10.3. The van der Waals surface area contributed by atoms with Crippen LogP contribution >= 0.6 is 12.2 Å². The second-order valence-electron chi connectivity index (χ2n) is 1.27. The number of amides is 1. The summed E-state index contributed by atoms with van der Waals surface area (Å²) in [4.78, 5) is 14.8. The summed E-state index contributed by atoms with van der Waals surface area (Å²) in [5, 5.41) is 2.56. The summed E-state index contributed by atoms with van der Waals surface area (Å²) in [6, 6.07) is 0. The van der Waals surface area contributed by atoms with Crippen LogP contribution in [-0.2, 0) is 9.63 Å². The number of rotatable bonds is 0. The molecule has 2 N–H and O–H groups in total. The topological polar surface area (TPSA) is 50.4 Å². The van der Waals surface area contributed by atoms with Gasteiger partial charge < -0.3 is 0 Å². The number of thiocarbonyl (C=S) groups is 1. The molecule has 0 unspecified atom stereocenters. The molecule has 0 spiro atoms. The first-order chi connectivity index (χ1) is 3.79. The van der Waals surface area contributed by atoms with E-state index in [-0.39, 0.29) is 17.6 Å². The van der Waals surface area contributed by atoms with Crippen LogP contribution in [0.4, 0.5) is 0 Å². The van der Waals surface area contributed by atoms with Gasteiger partial charge in [-0.25, -0.2) is 5.48 Å². The van der Waals surface area contributed by atoms with Crippen LogP contribution in [0.2, 0.25) is 0 Å². The second kappa shape index (κ2) is 2.06. The van der Waals surface area contributed by atoms with Crippen molar-refractivity contribution >= 4 is 23.2 Å². The summed E-state index contributed by atoms with van der Waals surface area (Å²) in [5.74, 6) is -0.214. The highest BCUT2D eigenvalue weighted by molar-refractivity contribution is 7.80. The van der Waals surface area contributed by atoms with Gasteiger partial charge in [-0.3, -0.25) is 14.9 Å². The Bertz CT molecular complexity index is 121. The van der Waals surface area contributed by atoms with Crippen LogP contribution in [0, 0.1) is 0 Å². The molecule has 0 aromatic carbocycles. The Labute approximate surface area is 51.2 Å². The summed E-state index contributed by atoms with van der Waals surface area (Å²) in [7, 11) is 0. The SMILES string of the molecule is O=C1CONC(=S)N1. The maximum Gasteiger partial charge on any atom is 0.254 e. The Balaban J connectivity index is 2.45. The molecule has 1 aliphatic rings. The number of hydrogen-bond donors (Lipinski definition) is 2. The molecule has 0 radical (unpaired) electrons. The van der Waals surface area contributed by atoms with E-state index in [0.29, 0.717) is 0 Å². The lowest BCUT2D eigenvalue weighted by Gasteiger charge is -2.13. The zero-order chi connectivity index (χ0) is 5.98. The Morgan fingerprint density at radius 2 is 2.50 bits per heavy atom. The van der Waals surface area contributed by atoms with E-state index >= 15 is 0 Å². The van der Waals surface area contributed by atoms with Crippen LogP contribution < -0.4 is 10.8 Å².